The van der Waals surface area contributed by atoms with Gasteiger partial charge in [-0.15, -0.1) is 0 Å². The van der Waals surface area contributed by atoms with Gasteiger partial charge in [0.25, 0.3) is 0 Å². The van der Waals surface area contributed by atoms with Crippen molar-refractivity contribution in [3.05, 3.63) is 11.6 Å². The number of epoxide rings is 2. The van der Waals surface area contributed by atoms with Crippen LogP contribution in [0.3, 0.4) is 0 Å². The molecule has 0 radical (unpaired) electrons. The van der Waals surface area contributed by atoms with Crippen LogP contribution in [-0.2, 0) is 52.5 Å². The van der Waals surface area contributed by atoms with E-state index in [1.54, 1.807) is 7.11 Å². The molecule has 1 saturated carbocycles. The molecule has 356 valence electrons. The van der Waals surface area contributed by atoms with Crippen molar-refractivity contribution < 1.29 is 57.2 Å². The summed E-state index contributed by atoms with van der Waals surface area (Å²) in [6.07, 6.45) is 6.07. The molecule has 4 rings (SSSR count). The summed E-state index contributed by atoms with van der Waals surface area (Å²) in [7, 11) is 1.61. The number of hydrogen-bond acceptors (Lipinski definition) is 13. The maximum atomic E-state index is 13.3. The second kappa shape index (κ2) is 23.3. The van der Waals surface area contributed by atoms with Gasteiger partial charge in [-0.25, -0.2) is 4.79 Å². The number of carbonyl (C=O) groups excluding carboxylic acids is 7. The minimum Gasteiger partial charge on any atom is -0.462 e. The first kappa shape index (κ1) is 51.7. The third-order valence-electron chi connectivity index (χ3n) is 12.4. The van der Waals surface area contributed by atoms with Crippen LogP contribution in [0.4, 0.5) is 4.79 Å². The Morgan fingerprint density at radius 3 is 2.22 bits per heavy atom. The maximum Gasteiger partial charge on any atom is 0.407 e. The maximum absolute atomic E-state index is 13.3. The summed E-state index contributed by atoms with van der Waals surface area (Å²) in [5.41, 5.74) is 0.354. The normalized spacial score (nSPS) is 27.4. The van der Waals surface area contributed by atoms with Gasteiger partial charge in [0, 0.05) is 20.6 Å². The minimum absolute atomic E-state index is 0.00789. The van der Waals surface area contributed by atoms with E-state index < -0.39 is 90.8 Å². The molecular formula is C44H72N6O12S. The first-order valence-electron chi connectivity index (χ1n) is 22.3. The Hall–Kier alpha value is -3.94. The van der Waals surface area contributed by atoms with Crippen molar-refractivity contribution in [2.24, 2.45) is 17.8 Å². The number of hydrogen-bond donors (Lipinski definition) is 5. The molecule has 4 aliphatic rings. The molecule has 0 aromatic carbocycles. The number of thioether (sulfide) groups is 1. The summed E-state index contributed by atoms with van der Waals surface area (Å²) in [4.78, 5) is 92.1. The molecule has 4 fully saturated rings. The van der Waals surface area contributed by atoms with Crippen LogP contribution in [0.2, 0.25) is 0 Å². The van der Waals surface area contributed by atoms with Crippen molar-refractivity contribution in [3.63, 3.8) is 0 Å². The van der Waals surface area contributed by atoms with Gasteiger partial charge in [-0.05, 0) is 89.6 Å². The number of amides is 6. The SMILES string of the molecule is COC1C(OC(=O)NC(COC(=O)CNC(=O)C(CCSC)NC(=O)CNC(=O)C(CC(C)C)NC(=O)C2CCCN2C(C)=O)C(C)C)CCC2(CO2)C1C1(C)OC1CC=C(C)C. The van der Waals surface area contributed by atoms with Gasteiger partial charge in [-0.2, -0.15) is 11.8 Å². The van der Waals surface area contributed by atoms with Crippen LogP contribution in [0.1, 0.15) is 100 Å². The van der Waals surface area contributed by atoms with Gasteiger partial charge in [-0.1, -0.05) is 39.3 Å². The Labute approximate surface area is 376 Å². The van der Waals surface area contributed by atoms with Crippen LogP contribution < -0.4 is 26.6 Å². The van der Waals surface area contributed by atoms with Gasteiger partial charge in [0.1, 0.15) is 54.7 Å². The number of nitrogens with zero attached hydrogens (tertiary/aromatic N) is 1. The highest BCUT2D eigenvalue weighted by molar-refractivity contribution is 7.98. The van der Waals surface area contributed by atoms with E-state index in [9.17, 15) is 33.6 Å². The summed E-state index contributed by atoms with van der Waals surface area (Å²) in [5.74, 6) is -2.96. The highest BCUT2D eigenvalue weighted by Crippen LogP contribution is 2.59. The second-order valence-electron chi connectivity index (χ2n) is 18.4. The smallest absolute Gasteiger partial charge is 0.407 e. The van der Waals surface area contributed by atoms with Gasteiger partial charge >= 0.3 is 12.1 Å². The molecule has 63 heavy (non-hydrogen) atoms. The Morgan fingerprint density at radius 1 is 0.937 bits per heavy atom. The Morgan fingerprint density at radius 2 is 1.62 bits per heavy atom. The molecule has 3 heterocycles. The quantitative estimate of drug-likeness (QED) is 0.0564. The molecule has 18 nitrogen and oxygen atoms in total. The fraction of sp³-hybridized carbons (Fsp3) is 0.795. The standard InChI is InChI=1S/C44H72N6O12S/c1-25(2)13-14-34-43(8,62-34)38-37(58-9)33(15-17-44(38)24-60-44)61-42(57)49-31(27(5)6)23-59-36(53)22-46-39(54)29(16-19-63-10)47-35(52)21-45-40(55)30(20-26(3)4)48-41(56)32-12-11-18-50(32)28(7)51/h13,26-27,29-34,37-38H,11-12,14-24H2,1-10H3,(H,45,55)(H,46,54)(H,47,52)(H,48,56)(H,49,57). The molecule has 3 aliphatic heterocycles. The average molecular weight is 909 g/mol. The highest BCUT2D eigenvalue weighted by Gasteiger charge is 2.72. The van der Waals surface area contributed by atoms with Crippen molar-refractivity contribution in [2.45, 2.75) is 154 Å². The van der Waals surface area contributed by atoms with Gasteiger partial charge in [0.15, 0.2) is 0 Å². The largest absolute Gasteiger partial charge is 0.462 e. The fourth-order valence-electron chi connectivity index (χ4n) is 8.74. The summed E-state index contributed by atoms with van der Waals surface area (Å²) < 4.78 is 29.7. The predicted molar refractivity (Wildman–Crippen MR) is 235 cm³/mol. The molecule has 0 aromatic rings. The predicted octanol–water partition coefficient (Wildman–Crippen LogP) is 2.37. The number of likely N-dealkylation sites (tertiary alicyclic amines) is 1. The summed E-state index contributed by atoms with van der Waals surface area (Å²) in [5, 5.41) is 13.3. The zero-order chi connectivity index (χ0) is 46.6. The lowest BCUT2D eigenvalue weighted by Gasteiger charge is -2.42. The molecule has 10 unspecified atom stereocenters. The number of methoxy groups -OCH3 is 1. The number of nitrogens with one attached hydrogen (secondary N) is 5. The van der Waals surface area contributed by atoms with Crippen LogP contribution in [0.25, 0.3) is 0 Å². The number of carbonyl (C=O) groups is 7. The zero-order valence-corrected chi connectivity index (χ0v) is 39.6. The van der Waals surface area contributed by atoms with Gasteiger partial charge in [0.05, 0.1) is 31.2 Å². The lowest BCUT2D eigenvalue weighted by atomic mass is 9.68. The lowest BCUT2D eigenvalue weighted by Crippen LogP contribution is -2.56. The average Bonchev–Trinajstić information content (AvgIpc) is 4.07. The van der Waals surface area contributed by atoms with Gasteiger partial charge in [-0.3, -0.25) is 28.8 Å². The van der Waals surface area contributed by atoms with E-state index in [0.717, 1.165) is 6.42 Å². The molecule has 0 aromatic heterocycles. The molecule has 19 heteroatoms. The molecule has 1 aliphatic carbocycles. The van der Waals surface area contributed by atoms with Crippen molar-refractivity contribution in [2.75, 3.05) is 52.0 Å². The van der Waals surface area contributed by atoms with Gasteiger partial charge in [0.2, 0.25) is 29.5 Å². The number of esters is 1. The van der Waals surface area contributed by atoms with Crippen molar-refractivity contribution >= 4 is 53.4 Å². The molecule has 3 saturated heterocycles. The van der Waals surface area contributed by atoms with Crippen molar-refractivity contribution in [3.8, 4) is 0 Å². The number of allylic oxidation sites excluding steroid dienone is 1. The Balaban J connectivity index is 1.24. The Bertz CT molecular complexity index is 1670. The van der Waals surface area contributed by atoms with E-state index in [1.807, 2.05) is 34.0 Å². The van der Waals surface area contributed by atoms with E-state index in [2.05, 4.69) is 53.4 Å². The molecular weight excluding hydrogens is 837 g/mol. The fourth-order valence-corrected chi connectivity index (χ4v) is 9.21. The van der Waals surface area contributed by atoms with E-state index in [0.29, 0.717) is 51.0 Å². The topological polar surface area (TPSA) is 236 Å². The van der Waals surface area contributed by atoms with Crippen LogP contribution >= 0.6 is 11.8 Å². The van der Waals surface area contributed by atoms with Crippen molar-refractivity contribution in [1.29, 1.82) is 0 Å². The van der Waals surface area contributed by atoms with Crippen LogP contribution in [-0.4, -0.2) is 152 Å². The van der Waals surface area contributed by atoms with Crippen molar-refractivity contribution in [1.82, 2.24) is 31.5 Å². The van der Waals surface area contributed by atoms with Gasteiger partial charge < -0.3 is 55.2 Å². The van der Waals surface area contributed by atoms with E-state index >= 15 is 0 Å². The third kappa shape index (κ3) is 14.5. The summed E-state index contributed by atoms with van der Waals surface area (Å²) >= 11 is 1.46. The Kier molecular flexibility index (Phi) is 19.1. The molecule has 5 N–H and O–H groups in total. The molecule has 0 bridgehead atoms. The van der Waals surface area contributed by atoms with E-state index in [4.69, 9.17) is 23.7 Å². The molecule has 6 amide bonds. The third-order valence-corrected chi connectivity index (χ3v) is 13.1. The lowest BCUT2D eigenvalue weighted by molar-refractivity contribution is -0.145. The number of ether oxygens (including phenoxy) is 5. The first-order chi connectivity index (χ1) is 29.7. The van der Waals surface area contributed by atoms with Crippen LogP contribution in [0, 0.1) is 17.8 Å². The van der Waals surface area contributed by atoms with E-state index in [1.165, 1.54) is 29.2 Å². The number of rotatable bonds is 23. The monoisotopic (exact) mass is 908 g/mol. The molecule has 1 spiro atoms. The first-order valence-corrected chi connectivity index (χ1v) is 23.7. The minimum atomic E-state index is -1.02. The number of alkyl carbamates (subject to hydrolysis) is 1. The summed E-state index contributed by atoms with van der Waals surface area (Å²) in [6, 6.07) is -3.22. The molecule has 10 atom stereocenters. The zero-order valence-electron chi connectivity index (χ0n) is 38.8. The second-order valence-corrected chi connectivity index (χ2v) is 19.4. The highest BCUT2D eigenvalue weighted by atomic mass is 32.2. The van der Waals surface area contributed by atoms with E-state index in [-0.39, 0.29) is 48.4 Å². The van der Waals surface area contributed by atoms with Crippen LogP contribution in [0.5, 0.6) is 0 Å². The van der Waals surface area contributed by atoms with Crippen LogP contribution in [0.15, 0.2) is 11.6 Å². The summed E-state index contributed by atoms with van der Waals surface area (Å²) in [6.45, 7) is 15.0.